The number of amides is 1. The van der Waals surface area contributed by atoms with Gasteiger partial charge in [0.05, 0.1) is 12.1 Å². The highest BCUT2D eigenvalue weighted by Crippen LogP contribution is 2.30. The number of aromatic nitrogens is 1. The maximum absolute atomic E-state index is 12.5. The van der Waals surface area contributed by atoms with E-state index >= 15 is 0 Å². The molecule has 0 aliphatic heterocycles. The van der Waals surface area contributed by atoms with Crippen molar-refractivity contribution in [1.29, 1.82) is 0 Å². The standard InChI is InChI=1S/C21H17F3N2O3/c22-21(23,24)15-6-8-16(9-7-15)29-13-12-25-19(27)17-10-11-18(26-20(17)28)14-4-2-1-3-5-14/h1-11H,12-13H2,(H,25,27)(H,26,28). The van der Waals surface area contributed by atoms with E-state index in [1.807, 2.05) is 30.3 Å². The van der Waals surface area contributed by atoms with Crippen LogP contribution in [-0.2, 0) is 6.18 Å². The van der Waals surface area contributed by atoms with Crippen molar-refractivity contribution in [3.8, 4) is 17.0 Å². The monoisotopic (exact) mass is 402 g/mol. The Morgan fingerprint density at radius 2 is 1.66 bits per heavy atom. The Bertz CT molecular complexity index is 1030. The molecule has 1 heterocycles. The van der Waals surface area contributed by atoms with Crippen LogP contribution in [0, 0.1) is 0 Å². The van der Waals surface area contributed by atoms with E-state index in [1.54, 1.807) is 6.07 Å². The molecule has 1 aromatic heterocycles. The van der Waals surface area contributed by atoms with Crippen LogP contribution in [-0.4, -0.2) is 24.0 Å². The molecule has 8 heteroatoms. The first-order chi connectivity index (χ1) is 13.8. The molecule has 150 valence electrons. The molecule has 3 rings (SSSR count). The van der Waals surface area contributed by atoms with Crippen LogP contribution in [0.2, 0.25) is 0 Å². The fraction of sp³-hybridized carbons (Fsp3) is 0.143. The fourth-order valence-corrected chi connectivity index (χ4v) is 2.61. The van der Waals surface area contributed by atoms with Crippen molar-refractivity contribution in [2.75, 3.05) is 13.2 Å². The third-order valence-electron chi connectivity index (χ3n) is 4.08. The first-order valence-corrected chi connectivity index (χ1v) is 8.71. The molecule has 3 aromatic rings. The van der Waals surface area contributed by atoms with Crippen LogP contribution in [0.15, 0.2) is 71.5 Å². The summed E-state index contributed by atoms with van der Waals surface area (Å²) < 4.78 is 42.8. The van der Waals surface area contributed by atoms with E-state index in [2.05, 4.69) is 10.3 Å². The molecule has 0 unspecified atom stereocenters. The minimum absolute atomic E-state index is 0.0388. The predicted octanol–water partition coefficient (Wildman–Crippen LogP) is 3.87. The van der Waals surface area contributed by atoms with Gasteiger partial charge in [0.1, 0.15) is 17.9 Å². The van der Waals surface area contributed by atoms with Crippen molar-refractivity contribution in [2.45, 2.75) is 6.18 Å². The Balaban J connectivity index is 1.53. The van der Waals surface area contributed by atoms with Crippen LogP contribution in [0.1, 0.15) is 15.9 Å². The molecule has 0 atom stereocenters. The van der Waals surface area contributed by atoms with E-state index in [0.717, 1.165) is 17.7 Å². The molecule has 2 aromatic carbocycles. The number of carbonyl (C=O) groups is 1. The Morgan fingerprint density at radius 3 is 2.28 bits per heavy atom. The second kappa shape index (κ2) is 8.64. The number of benzene rings is 2. The van der Waals surface area contributed by atoms with Gasteiger partial charge in [-0.1, -0.05) is 30.3 Å². The lowest BCUT2D eigenvalue weighted by molar-refractivity contribution is -0.137. The molecule has 5 nitrogen and oxygen atoms in total. The average Bonchev–Trinajstić information content (AvgIpc) is 2.71. The van der Waals surface area contributed by atoms with E-state index in [9.17, 15) is 22.8 Å². The molecule has 29 heavy (non-hydrogen) atoms. The van der Waals surface area contributed by atoms with Gasteiger partial charge in [0.2, 0.25) is 0 Å². The fourth-order valence-electron chi connectivity index (χ4n) is 2.61. The van der Waals surface area contributed by atoms with E-state index in [4.69, 9.17) is 4.74 Å². The largest absolute Gasteiger partial charge is 0.492 e. The van der Waals surface area contributed by atoms with Gasteiger partial charge in [-0.2, -0.15) is 13.2 Å². The summed E-state index contributed by atoms with van der Waals surface area (Å²) in [5.74, 6) is -0.320. The van der Waals surface area contributed by atoms with E-state index in [0.29, 0.717) is 5.69 Å². The molecule has 0 bridgehead atoms. The maximum Gasteiger partial charge on any atom is 0.416 e. The number of rotatable bonds is 6. The van der Waals surface area contributed by atoms with E-state index < -0.39 is 23.2 Å². The zero-order valence-corrected chi connectivity index (χ0v) is 15.1. The van der Waals surface area contributed by atoms with Crippen LogP contribution in [0.5, 0.6) is 5.75 Å². The zero-order valence-electron chi connectivity index (χ0n) is 15.1. The van der Waals surface area contributed by atoms with Crippen molar-refractivity contribution in [2.24, 2.45) is 0 Å². The molecular formula is C21H17F3N2O3. The van der Waals surface area contributed by atoms with Gasteiger partial charge in [0.25, 0.3) is 11.5 Å². The molecule has 1 amide bonds. The number of aromatic amines is 1. The first-order valence-electron chi connectivity index (χ1n) is 8.71. The predicted molar refractivity (Wildman–Crippen MR) is 102 cm³/mol. The van der Waals surface area contributed by atoms with Crippen molar-refractivity contribution in [3.05, 3.63) is 88.2 Å². The number of hydrogen-bond donors (Lipinski definition) is 2. The zero-order chi connectivity index (χ0) is 20.9. The highest BCUT2D eigenvalue weighted by Gasteiger charge is 2.30. The van der Waals surface area contributed by atoms with Crippen molar-refractivity contribution in [3.63, 3.8) is 0 Å². The molecule has 0 fully saturated rings. The first kappa shape index (κ1) is 20.2. The van der Waals surface area contributed by atoms with Crippen LogP contribution < -0.4 is 15.6 Å². The van der Waals surface area contributed by atoms with Gasteiger partial charge in [0.15, 0.2) is 0 Å². The lowest BCUT2D eigenvalue weighted by atomic mass is 10.1. The summed E-state index contributed by atoms with van der Waals surface area (Å²) in [6.07, 6.45) is -4.41. The quantitative estimate of drug-likeness (QED) is 0.615. The second-order valence-corrected chi connectivity index (χ2v) is 6.11. The van der Waals surface area contributed by atoms with Gasteiger partial charge in [0, 0.05) is 5.69 Å². The normalized spacial score (nSPS) is 11.1. The topological polar surface area (TPSA) is 71.2 Å². The summed E-state index contributed by atoms with van der Waals surface area (Å²) in [6.45, 7) is 0.122. The summed E-state index contributed by atoms with van der Waals surface area (Å²) >= 11 is 0. The van der Waals surface area contributed by atoms with Gasteiger partial charge in [-0.25, -0.2) is 0 Å². The van der Waals surface area contributed by atoms with Crippen molar-refractivity contribution >= 4 is 5.91 Å². The van der Waals surface area contributed by atoms with Gasteiger partial charge < -0.3 is 15.0 Å². The number of H-pyrrole nitrogens is 1. The SMILES string of the molecule is O=C(NCCOc1ccc(C(F)(F)F)cc1)c1ccc(-c2ccccc2)[nH]c1=O. The minimum Gasteiger partial charge on any atom is -0.492 e. The Hall–Kier alpha value is -3.55. The summed E-state index contributed by atoms with van der Waals surface area (Å²) in [5.41, 5.74) is 0.0855. The van der Waals surface area contributed by atoms with Crippen LogP contribution in [0.25, 0.3) is 11.3 Å². The van der Waals surface area contributed by atoms with Gasteiger partial charge in [-0.15, -0.1) is 0 Å². The Kier molecular flexibility index (Phi) is 6.01. The van der Waals surface area contributed by atoms with Gasteiger partial charge in [-0.05, 0) is 42.0 Å². The average molecular weight is 402 g/mol. The number of carbonyl (C=O) groups excluding carboxylic acids is 1. The van der Waals surface area contributed by atoms with Crippen LogP contribution >= 0.6 is 0 Å². The Morgan fingerprint density at radius 1 is 0.966 bits per heavy atom. The molecule has 0 saturated carbocycles. The molecule has 0 spiro atoms. The van der Waals surface area contributed by atoms with Gasteiger partial charge in [-0.3, -0.25) is 9.59 Å². The molecule has 2 N–H and O–H groups in total. The number of hydrogen-bond acceptors (Lipinski definition) is 3. The van der Waals surface area contributed by atoms with Crippen molar-refractivity contribution < 1.29 is 22.7 Å². The minimum atomic E-state index is -4.41. The van der Waals surface area contributed by atoms with Crippen LogP contribution in [0.4, 0.5) is 13.2 Å². The lowest BCUT2D eigenvalue weighted by Gasteiger charge is -2.10. The lowest BCUT2D eigenvalue weighted by Crippen LogP contribution is -2.32. The smallest absolute Gasteiger partial charge is 0.416 e. The molecule has 0 radical (unpaired) electrons. The summed E-state index contributed by atoms with van der Waals surface area (Å²) in [4.78, 5) is 27.0. The van der Waals surface area contributed by atoms with Crippen molar-refractivity contribution in [1.82, 2.24) is 10.3 Å². The number of alkyl halides is 3. The Labute approximate surface area is 164 Å². The number of nitrogens with one attached hydrogen (secondary N) is 2. The number of pyridine rings is 1. The maximum atomic E-state index is 12.5. The number of halogens is 3. The van der Waals surface area contributed by atoms with Crippen LogP contribution in [0.3, 0.4) is 0 Å². The highest BCUT2D eigenvalue weighted by molar-refractivity contribution is 5.94. The third-order valence-corrected chi connectivity index (χ3v) is 4.08. The summed E-state index contributed by atoms with van der Waals surface area (Å²) in [7, 11) is 0. The second-order valence-electron chi connectivity index (χ2n) is 6.11. The summed E-state index contributed by atoms with van der Waals surface area (Å²) in [6, 6.07) is 16.5. The summed E-state index contributed by atoms with van der Waals surface area (Å²) in [5, 5.41) is 2.54. The molecule has 0 aliphatic rings. The molecule has 0 aliphatic carbocycles. The highest BCUT2D eigenvalue weighted by atomic mass is 19.4. The van der Waals surface area contributed by atoms with E-state index in [1.165, 1.54) is 18.2 Å². The third kappa shape index (κ3) is 5.25. The number of ether oxygens (including phenoxy) is 1. The molecule has 0 saturated heterocycles. The molecular weight excluding hydrogens is 385 g/mol. The van der Waals surface area contributed by atoms with Gasteiger partial charge >= 0.3 is 6.18 Å². The van der Waals surface area contributed by atoms with E-state index in [-0.39, 0.29) is 24.5 Å².